The van der Waals surface area contributed by atoms with Gasteiger partial charge in [0.1, 0.15) is 0 Å². The molecule has 1 N–H and O–H groups in total. The second-order valence-electron chi connectivity index (χ2n) is 5.76. The molecule has 0 radical (unpaired) electrons. The molecule has 4 heteroatoms. The molecule has 1 aromatic heterocycles. The van der Waals surface area contributed by atoms with Crippen molar-refractivity contribution in [3.05, 3.63) is 52.0 Å². The van der Waals surface area contributed by atoms with Crippen molar-refractivity contribution in [3.63, 3.8) is 0 Å². The third-order valence-electron chi connectivity index (χ3n) is 4.23. The predicted octanol–water partition coefficient (Wildman–Crippen LogP) is 2.86. The van der Waals surface area contributed by atoms with Crippen LogP contribution in [0.25, 0.3) is 0 Å². The number of hydrogen-bond acceptors (Lipinski definition) is 4. The van der Waals surface area contributed by atoms with Crippen LogP contribution in [0, 0.1) is 6.92 Å². The van der Waals surface area contributed by atoms with E-state index in [2.05, 4.69) is 52.5 Å². The van der Waals surface area contributed by atoms with Gasteiger partial charge in [0.25, 0.3) is 0 Å². The Bertz CT molecular complexity index is 552. The van der Waals surface area contributed by atoms with Gasteiger partial charge in [-0.3, -0.25) is 0 Å². The highest BCUT2D eigenvalue weighted by Crippen LogP contribution is 2.15. The van der Waals surface area contributed by atoms with Crippen molar-refractivity contribution >= 4 is 11.3 Å². The molecule has 1 unspecified atom stereocenters. The van der Waals surface area contributed by atoms with Crippen molar-refractivity contribution in [2.24, 2.45) is 0 Å². The summed E-state index contributed by atoms with van der Waals surface area (Å²) < 4.78 is 0. The lowest BCUT2D eigenvalue weighted by atomic mass is 10.1. The summed E-state index contributed by atoms with van der Waals surface area (Å²) in [5, 5.41) is 3.68. The molecule has 3 nitrogen and oxygen atoms in total. The number of aryl methyl sites for hydroxylation is 1. The molecule has 21 heavy (non-hydrogen) atoms. The summed E-state index contributed by atoms with van der Waals surface area (Å²) in [5.41, 5.74) is 4.55. The average molecular weight is 301 g/mol. The molecule has 1 aliphatic heterocycles. The van der Waals surface area contributed by atoms with Crippen LogP contribution < -0.4 is 5.32 Å². The molecule has 0 spiro atoms. The fourth-order valence-corrected chi connectivity index (χ4v) is 3.60. The van der Waals surface area contributed by atoms with Crippen LogP contribution in [-0.4, -0.2) is 35.6 Å². The summed E-state index contributed by atoms with van der Waals surface area (Å²) in [5.74, 6) is 0. The summed E-state index contributed by atoms with van der Waals surface area (Å²) in [6.45, 7) is 6.61. The third kappa shape index (κ3) is 4.13. The summed E-state index contributed by atoms with van der Waals surface area (Å²) in [7, 11) is 0. The molecule has 112 valence electrons. The van der Waals surface area contributed by atoms with E-state index in [1.165, 1.54) is 42.2 Å². The van der Waals surface area contributed by atoms with Gasteiger partial charge in [0, 0.05) is 30.6 Å². The maximum absolute atomic E-state index is 4.31. The molecule has 1 fully saturated rings. The zero-order valence-corrected chi connectivity index (χ0v) is 13.4. The Labute approximate surface area is 131 Å². The molecule has 0 aliphatic carbocycles. The normalized spacial score (nSPS) is 19.2. The number of thiazole rings is 1. The lowest BCUT2D eigenvalue weighted by Crippen LogP contribution is -2.32. The molecule has 2 heterocycles. The van der Waals surface area contributed by atoms with E-state index in [4.69, 9.17) is 0 Å². The number of nitrogens with one attached hydrogen (secondary N) is 1. The molecule has 3 rings (SSSR count). The monoisotopic (exact) mass is 301 g/mol. The Hall–Kier alpha value is -1.23. The Balaban J connectivity index is 1.40. The number of hydrogen-bond donors (Lipinski definition) is 1. The maximum Gasteiger partial charge on any atom is 0.0798 e. The van der Waals surface area contributed by atoms with Crippen LogP contribution in [0.2, 0.25) is 0 Å². The summed E-state index contributed by atoms with van der Waals surface area (Å²) in [6.07, 6.45) is 2.41. The topological polar surface area (TPSA) is 28.2 Å². The van der Waals surface area contributed by atoms with Gasteiger partial charge in [0.15, 0.2) is 0 Å². The van der Waals surface area contributed by atoms with E-state index in [-0.39, 0.29) is 0 Å². The average Bonchev–Trinajstić information content (AvgIpc) is 3.13. The molecular formula is C17H23N3S. The zero-order chi connectivity index (χ0) is 14.5. The standard InChI is InChI=1S/C17H23N3S/c1-14-17(21-13-19-14)11-18-16-8-10-20(12-16)9-7-15-5-3-2-4-6-15/h2-6,13,16,18H,7-12H2,1H3. The van der Waals surface area contributed by atoms with E-state index in [0.29, 0.717) is 6.04 Å². The summed E-state index contributed by atoms with van der Waals surface area (Å²) in [4.78, 5) is 8.25. The first-order valence-electron chi connectivity index (χ1n) is 7.70. The molecular weight excluding hydrogens is 278 g/mol. The minimum absolute atomic E-state index is 0.627. The molecule has 2 aromatic rings. The van der Waals surface area contributed by atoms with Crippen LogP contribution in [0.15, 0.2) is 35.8 Å². The van der Waals surface area contributed by atoms with E-state index in [1.54, 1.807) is 11.3 Å². The summed E-state index contributed by atoms with van der Waals surface area (Å²) >= 11 is 1.75. The van der Waals surface area contributed by atoms with Crippen LogP contribution in [0.5, 0.6) is 0 Å². The van der Waals surface area contributed by atoms with Crippen molar-refractivity contribution in [1.82, 2.24) is 15.2 Å². The second-order valence-corrected chi connectivity index (χ2v) is 6.70. The first-order valence-corrected chi connectivity index (χ1v) is 8.58. The lowest BCUT2D eigenvalue weighted by Gasteiger charge is -2.16. The fraction of sp³-hybridized carbons (Fsp3) is 0.471. The molecule has 1 saturated heterocycles. The van der Waals surface area contributed by atoms with Crippen LogP contribution in [0.1, 0.15) is 22.6 Å². The first-order chi connectivity index (χ1) is 10.3. The van der Waals surface area contributed by atoms with Gasteiger partial charge < -0.3 is 10.2 Å². The van der Waals surface area contributed by atoms with Crippen molar-refractivity contribution in [2.75, 3.05) is 19.6 Å². The number of benzene rings is 1. The van der Waals surface area contributed by atoms with E-state index in [0.717, 1.165) is 13.0 Å². The van der Waals surface area contributed by atoms with Gasteiger partial charge >= 0.3 is 0 Å². The zero-order valence-electron chi connectivity index (χ0n) is 12.6. The Morgan fingerprint density at radius 2 is 2.19 bits per heavy atom. The van der Waals surface area contributed by atoms with E-state index < -0.39 is 0 Å². The van der Waals surface area contributed by atoms with Crippen molar-refractivity contribution in [3.8, 4) is 0 Å². The molecule has 1 atom stereocenters. The van der Waals surface area contributed by atoms with E-state index in [9.17, 15) is 0 Å². The van der Waals surface area contributed by atoms with Crippen LogP contribution in [0.3, 0.4) is 0 Å². The highest BCUT2D eigenvalue weighted by molar-refractivity contribution is 7.09. The van der Waals surface area contributed by atoms with Gasteiger partial charge in [0.05, 0.1) is 11.2 Å². The van der Waals surface area contributed by atoms with Gasteiger partial charge in [0.2, 0.25) is 0 Å². The minimum Gasteiger partial charge on any atom is -0.308 e. The van der Waals surface area contributed by atoms with Gasteiger partial charge in [-0.25, -0.2) is 4.98 Å². The number of nitrogens with zero attached hydrogens (tertiary/aromatic N) is 2. The summed E-state index contributed by atoms with van der Waals surface area (Å²) in [6, 6.07) is 11.4. The van der Waals surface area contributed by atoms with Crippen LogP contribution in [-0.2, 0) is 13.0 Å². The van der Waals surface area contributed by atoms with E-state index >= 15 is 0 Å². The Morgan fingerprint density at radius 1 is 1.33 bits per heavy atom. The second kappa shape index (κ2) is 7.16. The van der Waals surface area contributed by atoms with Gasteiger partial charge in [-0.15, -0.1) is 11.3 Å². The molecule has 0 saturated carbocycles. The number of likely N-dealkylation sites (tertiary alicyclic amines) is 1. The van der Waals surface area contributed by atoms with Crippen molar-refractivity contribution < 1.29 is 0 Å². The fourth-order valence-electron chi connectivity index (χ4n) is 2.87. The molecule has 0 bridgehead atoms. The third-order valence-corrected chi connectivity index (χ3v) is 5.16. The molecule has 1 aliphatic rings. The highest BCUT2D eigenvalue weighted by Gasteiger charge is 2.21. The van der Waals surface area contributed by atoms with E-state index in [1.807, 2.05) is 5.51 Å². The van der Waals surface area contributed by atoms with Gasteiger partial charge in [-0.05, 0) is 31.9 Å². The quantitative estimate of drug-likeness (QED) is 0.889. The first kappa shape index (κ1) is 14.7. The van der Waals surface area contributed by atoms with Gasteiger partial charge in [-0.2, -0.15) is 0 Å². The van der Waals surface area contributed by atoms with Crippen molar-refractivity contribution in [1.29, 1.82) is 0 Å². The SMILES string of the molecule is Cc1ncsc1CNC1CCN(CCc2ccccc2)C1. The smallest absolute Gasteiger partial charge is 0.0798 e. The maximum atomic E-state index is 4.31. The Morgan fingerprint density at radius 3 is 2.95 bits per heavy atom. The predicted molar refractivity (Wildman–Crippen MR) is 88.7 cm³/mol. The highest BCUT2D eigenvalue weighted by atomic mass is 32.1. The number of rotatable bonds is 6. The number of aromatic nitrogens is 1. The lowest BCUT2D eigenvalue weighted by molar-refractivity contribution is 0.331. The largest absolute Gasteiger partial charge is 0.308 e. The van der Waals surface area contributed by atoms with Crippen LogP contribution >= 0.6 is 11.3 Å². The minimum atomic E-state index is 0.627. The molecule has 0 amide bonds. The Kier molecular flexibility index (Phi) is 5.01. The van der Waals surface area contributed by atoms with Crippen molar-refractivity contribution in [2.45, 2.75) is 32.4 Å². The van der Waals surface area contributed by atoms with Gasteiger partial charge in [-0.1, -0.05) is 30.3 Å². The molecule has 1 aromatic carbocycles. The van der Waals surface area contributed by atoms with Crippen LogP contribution in [0.4, 0.5) is 0 Å².